The highest BCUT2D eigenvalue weighted by Crippen LogP contribution is 2.66. The summed E-state index contributed by atoms with van der Waals surface area (Å²) in [5, 5.41) is 10.4. The van der Waals surface area contributed by atoms with E-state index in [0.717, 1.165) is 51.0 Å². The molecule has 3 saturated carbocycles. The molecule has 1 amide bonds. The van der Waals surface area contributed by atoms with Crippen LogP contribution < -0.4 is 0 Å². The average Bonchev–Trinajstić information content (AvgIpc) is 3.23. The van der Waals surface area contributed by atoms with E-state index in [0.29, 0.717) is 41.9 Å². The van der Waals surface area contributed by atoms with Crippen molar-refractivity contribution in [3.8, 4) is 11.8 Å². The summed E-state index contributed by atoms with van der Waals surface area (Å²) in [7, 11) is 1.93. The Bertz CT molecular complexity index is 943. The normalized spacial score (nSPS) is 35.9. The molecule has 212 valence electrons. The third-order valence-electron chi connectivity index (χ3n) is 11.2. The van der Waals surface area contributed by atoms with Gasteiger partial charge in [0.2, 0.25) is 5.91 Å². The number of fused-ring (bicyclic) bond motifs is 5. The van der Waals surface area contributed by atoms with Crippen molar-refractivity contribution < 1.29 is 14.7 Å². The van der Waals surface area contributed by atoms with Crippen LogP contribution in [0.2, 0.25) is 0 Å². The zero-order valence-corrected chi connectivity index (χ0v) is 24.7. The highest BCUT2D eigenvalue weighted by molar-refractivity contribution is 5.95. The van der Waals surface area contributed by atoms with E-state index in [1.807, 2.05) is 11.9 Å². The Labute approximate surface area is 232 Å². The van der Waals surface area contributed by atoms with Gasteiger partial charge in [0.05, 0.1) is 0 Å². The van der Waals surface area contributed by atoms with Gasteiger partial charge in [0.15, 0.2) is 5.78 Å². The van der Waals surface area contributed by atoms with Gasteiger partial charge in [-0.05, 0) is 98.9 Å². The molecule has 0 radical (unpaired) electrons. The molecule has 3 fully saturated rings. The molecule has 0 aromatic carbocycles. The van der Waals surface area contributed by atoms with Gasteiger partial charge < -0.3 is 10.0 Å². The first kappa shape index (κ1) is 29.4. The van der Waals surface area contributed by atoms with Crippen LogP contribution in [0.5, 0.6) is 0 Å². The Hall–Kier alpha value is -1.60. The number of allylic oxidation sites excluding steroid dienone is 1. The Morgan fingerprint density at radius 1 is 1.05 bits per heavy atom. The number of nitrogens with zero attached hydrogens (tertiary/aromatic N) is 1. The number of carbonyl (C=O) groups excluding carboxylic acids is 2. The van der Waals surface area contributed by atoms with Crippen LogP contribution in [0.3, 0.4) is 0 Å². The molecule has 0 aromatic heterocycles. The van der Waals surface area contributed by atoms with E-state index in [9.17, 15) is 14.7 Å². The number of amides is 1. The van der Waals surface area contributed by atoms with Crippen LogP contribution in [0.4, 0.5) is 0 Å². The molecular weight excluding hydrogens is 470 g/mol. The van der Waals surface area contributed by atoms with Crippen molar-refractivity contribution in [2.24, 2.45) is 34.5 Å². The molecule has 4 aliphatic rings. The molecule has 4 unspecified atom stereocenters. The average molecular weight is 524 g/mol. The molecule has 0 bridgehead atoms. The molecular formula is C34H53NO3. The Balaban J connectivity index is 1.20. The van der Waals surface area contributed by atoms with E-state index >= 15 is 0 Å². The van der Waals surface area contributed by atoms with Gasteiger partial charge in [-0.3, -0.25) is 9.59 Å². The van der Waals surface area contributed by atoms with Crippen LogP contribution in [0.15, 0.2) is 11.6 Å². The number of rotatable bonds is 10. The molecule has 38 heavy (non-hydrogen) atoms. The van der Waals surface area contributed by atoms with Gasteiger partial charge in [0.25, 0.3) is 0 Å². The van der Waals surface area contributed by atoms with E-state index in [1.54, 1.807) is 6.08 Å². The minimum atomic E-state index is -0.808. The van der Waals surface area contributed by atoms with Crippen LogP contribution in [-0.4, -0.2) is 41.4 Å². The summed E-state index contributed by atoms with van der Waals surface area (Å²) in [6.07, 6.45) is 18.5. The second-order valence-corrected chi connectivity index (χ2v) is 13.6. The van der Waals surface area contributed by atoms with Crippen molar-refractivity contribution in [1.82, 2.24) is 4.90 Å². The second kappa shape index (κ2) is 12.7. The van der Waals surface area contributed by atoms with Crippen molar-refractivity contribution in [3.05, 3.63) is 11.6 Å². The second-order valence-electron chi connectivity index (χ2n) is 13.6. The van der Waals surface area contributed by atoms with Crippen molar-refractivity contribution in [3.63, 3.8) is 0 Å². The number of aliphatic hydroxyl groups excluding tert-OH is 1. The maximum absolute atomic E-state index is 12.2. The molecule has 0 aliphatic heterocycles. The van der Waals surface area contributed by atoms with E-state index in [-0.39, 0.29) is 11.2 Å². The highest BCUT2D eigenvalue weighted by Gasteiger charge is 2.59. The monoisotopic (exact) mass is 523 g/mol. The predicted molar refractivity (Wildman–Crippen MR) is 154 cm³/mol. The number of hydrogen-bond donors (Lipinski definition) is 1. The smallest absolute Gasteiger partial charge is 0.222 e. The van der Waals surface area contributed by atoms with Gasteiger partial charge in [-0.25, -0.2) is 0 Å². The highest BCUT2D eigenvalue weighted by atomic mass is 16.3. The van der Waals surface area contributed by atoms with Crippen molar-refractivity contribution >= 4 is 11.7 Å². The molecule has 0 saturated heterocycles. The largest absolute Gasteiger partial charge is 0.385 e. The first-order chi connectivity index (χ1) is 18.2. The molecule has 1 N–H and O–H groups in total. The van der Waals surface area contributed by atoms with Gasteiger partial charge in [-0.15, -0.1) is 5.92 Å². The molecule has 4 aliphatic carbocycles. The maximum atomic E-state index is 12.2. The van der Waals surface area contributed by atoms with Crippen molar-refractivity contribution in [2.45, 2.75) is 130 Å². The zero-order valence-electron chi connectivity index (χ0n) is 24.7. The number of ketones is 1. The standard InChI is InChI=1S/C34H53NO3/c1-5-6-22-35(4)32(38)15-13-11-9-7-8-10-12-14-25-17-19-28-27-18-16-26-23-30(36)31(37)24-34(26,3)29(27)20-21-33(25,28)2/h23,25,27-29,31,37H,5-11,13,15-22,24H2,1-4H3/t25-,27?,28?,29?,31?,33-,34+/m1/s1. The molecule has 0 aromatic rings. The number of carbonyl (C=O) groups is 2. The summed E-state index contributed by atoms with van der Waals surface area (Å²) < 4.78 is 0. The van der Waals surface area contributed by atoms with E-state index in [4.69, 9.17) is 0 Å². The lowest BCUT2D eigenvalue weighted by Crippen LogP contribution is -2.52. The first-order valence-electron chi connectivity index (χ1n) is 15.9. The SMILES string of the molecule is CCCCN(C)C(=O)CCCCCCCC#C[C@@H]1CCC2C3CCC4=CC(=O)C(O)C[C@]4(C)C3CC[C@@]21C. The fourth-order valence-electron chi connectivity index (χ4n) is 8.78. The minimum Gasteiger partial charge on any atom is -0.385 e. The predicted octanol–water partition coefficient (Wildman–Crippen LogP) is 7.10. The van der Waals surface area contributed by atoms with Crippen molar-refractivity contribution in [1.29, 1.82) is 0 Å². The van der Waals surface area contributed by atoms with Crippen LogP contribution >= 0.6 is 0 Å². The summed E-state index contributed by atoms with van der Waals surface area (Å²) in [6, 6.07) is 0. The van der Waals surface area contributed by atoms with Gasteiger partial charge in [0.1, 0.15) is 6.10 Å². The molecule has 7 atom stereocenters. The fraction of sp³-hybridized carbons (Fsp3) is 0.824. The molecule has 0 spiro atoms. The fourth-order valence-corrected chi connectivity index (χ4v) is 8.78. The summed E-state index contributed by atoms with van der Waals surface area (Å²) in [4.78, 5) is 26.2. The minimum absolute atomic E-state index is 0.000395. The Kier molecular flexibility index (Phi) is 9.83. The summed E-state index contributed by atoms with van der Waals surface area (Å²) in [6.45, 7) is 7.91. The van der Waals surface area contributed by atoms with Gasteiger partial charge in [0, 0.05) is 32.4 Å². The van der Waals surface area contributed by atoms with Gasteiger partial charge in [-0.1, -0.05) is 57.9 Å². The lowest BCUT2D eigenvalue weighted by atomic mass is 9.46. The van der Waals surface area contributed by atoms with E-state index in [1.165, 1.54) is 56.9 Å². The summed E-state index contributed by atoms with van der Waals surface area (Å²) >= 11 is 0. The van der Waals surface area contributed by atoms with Crippen LogP contribution in [0.1, 0.15) is 124 Å². The Morgan fingerprint density at radius 2 is 1.82 bits per heavy atom. The third kappa shape index (κ3) is 6.09. The van der Waals surface area contributed by atoms with Crippen molar-refractivity contribution in [2.75, 3.05) is 13.6 Å². The lowest BCUT2D eigenvalue weighted by Gasteiger charge is -2.58. The first-order valence-corrected chi connectivity index (χ1v) is 15.9. The lowest BCUT2D eigenvalue weighted by molar-refractivity contribution is -0.130. The van der Waals surface area contributed by atoms with Gasteiger partial charge >= 0.3 is 0 Å². The van der Waals surface area contributed by atoms with Gasteiger partial charge in [-0.2, -0.15) is 0 Å². The molecule has 4 nitrogen and oxygen atoms in total. The van der Waals surface area contributed by atoms with E-state index in [2.05, 4.69) is 32.6 Å². The molecule has 4 rings (SSSR count). The van der Waals surface area contributed by atoms with E-state index < -0.39 is 6.10 Å². The molecule has 4 heteroatoms. The van der Waals surface area contributed by atoms with Crippen LogP contribution in [-0.2, 0) is 9.59 Å². The molecule has 0 heterocycles. The van der Waals surface area contributed by atoms with Crippen LogP contribution in [0, 0.1) is 46.3 Å². The number of aliphatic hydroxyl groups is 1. The number of hydrogen-bond acceptors (Lipinski definition) is 3. The topological polar surface area (TPSA) is 57.6 Å². The third-order valence-corrected chi connectivity index (χ3v) is 11.2. The summed E-state index contributed by atoms with van der Waals surface area (Å²) in [5.74, 6) is 10.1. The number of unbranched alkanes of at least 4 members (excludes halogenated alkanes) is 6. The van der Waals surface area contributed by atoms with Crippen LogP contribution in [0.25, 0.3) is 0 Å². The Morgan fingerprint density at radius 3 is 2.61 bits per heavy atom. The zero-order chi connectivity index (χ0) is 27.3. The quantitative estimate of drug-likeness (QED) is 0.245. The maximum Gasteiger partial charge on any atom is 0.222 e. The summed E-state index contributed by atoms with van der Waals surface area (Å²) in [5.41, 5.74) is 1.64.